The third-order valence-corrected chi connectivity index (χ3v) is 6.53. The number of hydrogen-bond donors (Lipinski definition) is 1. The molecule has 2 fully saturated rings. The average molecular weight is 391 g/mol. The number of aliphatic imine (C=N–C) groups is 1. The summed E-state index contributed by atoms with van der Waals surface area (Å²) in [5, 5.41) is 8.43. The lowest BCUT2D eigenvalue weighted by molar-refractivity contribution is -0.153. The van der Waals surface area contributed by atoms with Crippen LogP contribution in [-0.4, -0.2) is 42.6 Å². The van der Waals surface area contributed by atoms with Crippen LogP contribution in [0, 0.1) is 34.5 Å². The minimum atomic E-state index is -0.683. The van der Waals surface area contributed by atoms with E-state index in [0.29, 0.717) is 18.9 Å². The van der Waals surface area contributed by atoms with Crippen LogP contribution in [0.5, 0.6) is 0 Å². The highest BCUT2D eigenvalue weighted by Crippen LogP contribution is 2.49. The van der Waals surface area contributed by atoms with E-state index in [9.17, 15) is 9.59 Å². The van der Waals surface area contributed by atoms with Crippen LogP contribution in [0.1, 0.15) is 66.2 Å². The highest BCUT2D eigenvalue weighted by molar-refractivity contribution is 6.10. The van der Waals surface area contributed by atoms with Gasteiger partial charge in [0.15, 0.2) is 0 Å². The van der Waals surface area contributed by atoms with Crippen molar-refractivity contribution in [2.75, 3.05) is 13.2 Å². The van der Waals surface area contributed by atoms with E-state index in [1.165, 1.54) is 0 Å². The van der Waals surface area contributed by atoms with E-state index in [1.54, 1.807) is 6.92 Å². The van der Waals surface area contributed by atoms with Crippen molar-refractivity contribution < 1.29 is 19.1 Å². The molecule has 28 heavy (non-hydrogen) atoms. The zero-order valence-electron chi connectivity index (χ0n) is 17.6. The highest BCUT2D eigenvalue weighted by Gasteiger charge is 2.55. The molecule has 6 heteroatoms. The maximum Gasteiger partial charge on any atom is 0.311 e. The molecule has 2 saturated carbocycles. The van der Waals surface area contributed by atoms with Crippen molar-refractivity contribution in [3.05, 3.63) is 0 Å². The van der Waals surface area contributed by atoms with Gasteiger partial charge in [0.1, 0.15) is 11.8 Å². The number of fused-ring (bicyclic) bond motifs is 1. The van der Waals surface area contributed by atoms with Gasteiger partial charge < -0.3 is 9.47 Å². The number of hydrogen-bond acceptors (Lipinski definition) is 6. The van der Waals surface area contributed by atoms with Gasteiger partial charge in [0.2, 0.25) is 5.90 Å². The molecule has 0 amide bonds. The first-order valence-corrected chi connectivity index (χ1v) is 10.8. The lowest BCUT2D eigenvalue weighted by Gasteiger charge is -2.47. The Morgan fingerprint density at radius 1 is 1.14 bits per heavy atom. The third-order valence-electron chi connectivity index (χ3n) is 6.53. The van der Waals surface area contributed by atoms with Gasteiger partial charge in [-0.05, 0) is 37.5 Å². The maximum absolute atomic E-state index is 13.2. The van der Waals surface area contributed by atoms with Crippen molar-refractivity contribution in [3.8, 4) is 0 Å². The molecule has 6 nitrogen and oxygen atoms in total. The predicted molar refractivity (Wildman–Crippen MR) is 108 cm³/mol. The van der Waals surface area contributed by atoms with E-state index in [1.807, 2.05) is 6.92 Å². The summed E-state index contributed by atoms with van der Waals surface area (Å²) < 4.78 is 10.9. The highest BCUT2D eigenvalue weighted by atomic mass is 16.5. The molecular formula is C22H34N2O4. The molecule has 0 aromatic rings. The van der Waals surface area contributed by atoms with Gasteiger partial charge in [0.25, 0.3) is 0 Å². The van der Waals surface area contributed by atoms with Crippen molar-refractivity contribution in [1.29, 1.82) is 5.41 Å². The van der Waals surface area contributed by atoms with Crippen LogP contribution < -0.4 is 0 Å². The zero-order chi connectivity index (χ0) is 20.5. The predicted octanol–water partition coefficient (Wildman–Crippen LogP) is 3.81. The number of Topliss-reactive ketones (excluding diaryl/α,β-unsaturated/α-hetero) is 1. The first kappa shape index (κ1) is 21.0. The van der Waals surface area contributed by atoms with Gasteiger partial charge in [-0.15, -0.1) is 0 Å². The zero-order valence-corrected chi connectivity index (χ0v) is 17.6. The van der Waals surface area contributed by atoms with Gasteiger partial charge in [-0.3, -0.25) is 20.0 Å². The van der Waals surface area contributed by atoms with E-state index in [-0.39, 0.29) is 41.5 Å². The molecular weight excluding hydrogens is 356 g/mol. The van der Waals surface area contributed by atoms with E-state index in [4.69, 9.17) is 19.9 Å². The Kier molecular flexibility index (Phi) is 6.25. The molecule has 3 rings (SSSR count). The second-order valence-electron chi connectivity index (χ2n) is 9.22. The summed E-state index contributed by atoms with van der Waals surface area (Å²) in [6.07, 6.45) is 5.55. The Morgan fingerprint density at radius 2 is 1.79 bits per heavy atom. The van der Waals surface area contributed by atoms with Gasteiger partial charge in [-0.25, -0.2) is 0 Å². The van der Waals surface area contributed by atoms with E-state index >= 15 is 0 Å². The second kappa shape index (κ2) is 8.34. The summed E-state index contributed by atoms with van der Waals surface area (Å²) in [6, 6.07) is -0.683. The molecule has 1 aliphatic heterocycles. The molecule has 4 atom stereocenters. The standard InChI is InChI=1S/C22H34N2O4/c1-5-27-20(23)19-18(21(26)28-6-2)16(13-9-7-8-10-13)17-14(24-19)11-22(3,4)12-15(17)25/h13,16-19,23H,5-12H2,1-4H3. The minimum Gasteiger partial charge on any atom is -0.480 e. The number of nitrogens with one attached hydrogen (secondary N) is 1. The molecule has 1 heterocycles. The molecule has 0 bridgehead atoms. The molecule has 0 radical (unpaired) electrons. The number of carbonyl (C=O) groups excluding carboxylic acids is 2. The van der Waals surface area contributed by atoms with Gasteiger partial charge in [0.05, 0.1) is 25.0 Å². The second-order valence-corrected chi connectivity index (χ2v) is 9.22. The lowest BCUT2D eigenvalue weighted by Crippen LogP contribution is -2.55. The van der Waals surface area contributed by atoms with Crippen molar-refractivity contribution >= 4 is 23.4 Å². The number of ether oxygens (including phenoxy) is 2. The van der Waals surface area contributed by atoms with Gasteiger partial charge >= 0.3 is 5.97 Å². The van der Waals surface area contributed by atoms with Gasteiger partial charge in [-0.2, -0.15) is 0 Å². The van der Waals surface area contributed by atoms with Crippen molar-refractivity contribution in [2.24, 2.45) is 34.1 Å². The van der Waals surface area contributed by atoms with Crippen LogP contribution in [0.3, 0.4) is 0 Å². The molecule has 3 aliphatic rings. The van der Waals surface area contributed by atoms with Crippen LogP contribution in [0.2, 0.25) is 0 Å². The van der Waals surface area contributed by atoms with Gasteiger partial charge in [0, 0.05) is 12.1 Å². The quantitative estimate of drug-likeness (QED) is 0.439. The number of esters is 1. The summed E-state index contributed by atoms with van der Waals surface area (Å²) in [5.74, 6) is -0.880. The molecule has 0 aromatic heterocycles. The SMILES string of the molecule is CCOC(=N)C1N=C2CC(C)(C)CC(=O)C2C(C2CCCC2)C1C(=O)OCC. The Balaban J connectivity index is 2.09. The van der Waals surface area contributed by atoms with Crippen LogP contribution in [-0.2, 0) is 19.1 Å². The number of carbonyl (C=O) groups is 2. The average Bonchev–Trinajstić information content (AvgIpc) is 3.13. The molecule has 1 N–H and O–H groups in total. The summed E-state index contributed by atoms with van der Waals surface area (Å²) >= 11 is 0. The first-order valence-electron chi connectivity index (χ1n) is 10.8. The Hall–Kier alpha value is -1.72. The topological polar surface area (TPSA) is 88.8 Å². The molecule has 0 saturated heterocycles. The van der Waals surface area contributed by atoms with Crippen LogP contribution >= 0.6 is 0 Å². The molecule has 156 valence electrons. The molecule has 2 aliphatic carbocycles. The molecule has 0 spiro atoms. The number of nitrogens with zero attached hydrogens (tertiary/aromatic N) is 1. The van der Waals surface area contributed by atoms with Crippen molar-refractivity contribution in [3.63, 3.8) is 0 Å². The summed E-state index contributed by atoms with van der Waals surface area (Å²) in [6.45, 7) is 8.44. The Morgan fingerprint density at radius 3 is 2.39 bits per heavy atom. The minimum absolute atomic E-state index is 0.0188. The van der Waals surface area contributed by atoms with E-state index in [0.717, 1.165) is 37.8 Å². The van der Waals surface area contributed by atoms with Gasteiger partial charge in [-0.1, -0.05) is 39.5 Å². The summed E-state index contributed by atoms with van der Waals surface area (Å²) in [7, 11) is 0. The largest absolute Gasteiger partial charge is 0.480 e. The molecule has 0 aromatic carbocycles. The van der Waals surface area contributed by atoms with Crippen LogP contribution in [0.4, 0.5) is 0 Å². The Bertz CT molecular complexity index is 663. The fourth-order valence-corrected chi connectivity index (χ4v) is 5.56. The Labute approximate surface area is 168 Å². The normalized spacial score (nSPS) is 32.4. The van der Waals surface area contributed by atoms with Crippen LogP contribution in [0.15, 0.2) is 4.99 Å². The van der Waals surface area contributed by atoms with E-state index in [2.05, 4.69) is 13.8 Å². The summed E-state index contributed by atoms with van der Waals surface area (Å²) in [5.41, 5.74) is 0.732. The van der Waals surface area contributed by atoms with Crippen LogP contribution in [0.25, 0.3) is 0 Å². The first-order chi connectivity index (χ1) is 13.3. The number of rotatable bonds is 5. The number of ketones is 1. The maximum atomic E-state index is 13.2. The summed E-state index contributed by atoms with van der Waals surface area (Å²) in [4.78, 5) is 31.1. The molecule has 4 unspecified atom stereocenters. The lowest BCUT2D eigenvalue weighted by atomic mass is 9.59. The fraction of sp³-hybridized carbons (Fsp3) is 0.818. The van der Waals surface area contributed by atoms with E-state index < -0.39 is 12.0 Å². The smallest absolute Gasteiger partial charge is 0.311 e. The monoisotopic (exact) mass is 390 g/mol. The third kappa shape index (κ3) is 4.01. The van der Waals surface area contributed by atoms with Crippen molar-refractivity contribution in [1.82, 2.24) is 0 Å². The fourth-order valence-electron chi connectivity index (χ4n) is 5.56. The van der Waals surface area contributed by atoms with Crippen molar-refractivity contribution in [2.45, 2.75) is 72.3 Å².